The molecule has 0 bridgehead atoms. The normalized spacial score (nSPS) is 10.4. The first-order valence-electron chi connectivity index (χ1n) is 7.01. The van der Waals surface area contributed by atoms with Crippen molar-refractivity contribution in [3.63, 3.8) is 0 Å². The molecule has 0 amide bonds. The van der Waals surface area contributed by atoms with Crippen LogP contribution in [-0.2, 0) is 0 Å². The Bertz CT molecular complexity index is 850. The molecule has 3 rings (SSSR count). The molecule has 0 aromatic heterocycles. The maximum atomic E-state index is 12.5. The van der Waals surface area contributed by atoms with Crippen LogP contribution in [-0.4, -0.2) is 21.1 Å². The molecule has 0 saturated heterocycles. The lowest BCUT2D eigenvalue weighted by Crippen LogP contribution is -2.01. The molecule has 114 valence electrons. The Kier molecular flexibility index (Phi) is 3.73. The van der Waals surface area contributed by atoms with Gasteiger partial charge in [-0.3, -0.25) is 4.79 Å². The first-order valence-corrected chi connectivity index (χ1v) is 7.01. The maximum Gasteiger partial charge on any atom is 0.196 e. The summed E-state index contributed by atoms with van der Waals surface area (Å²) in [6.45, 7) is 0. The van der Waals surface area contributed by atoms with E-state index in [1.807, 2.05) is 0 Å². The van der Waals surface area contributed by atoms with E-state index in [2.05, 4.69) is 0 Å². The van der Waals surface area contributed by atoms with Gasteiger partial charge in [-0.05, 0) is 59.7 Å². The lowest BCUT2D eigenvalue weighted by Gasteiger charge is -2.08. The Morgan fingerprint density at radius 2 is 1.17 bits per heavy atom. The zero-order valence-corrected chi connectivity index (χ0v) is 12.1. The molecule has 3 N–H and O–H groups in total. The fraction of sp³-hybridized carbons (Fsp3) is 0. The summed E-state index contributed by atoms with van der Waals surface area (Å²) in [7, 11) is 0. The van der Waals surface area contributed by atoms with Gasteiger partial charge in [-0.2, -0.15) is 0 Å². The van der Waals surface area contributed by atoms with Gasteiger partial charge in [0.15, 0.2) is 5.78 Å². The third-order valence-electron chi connectivity index (χ3n) is 3.57. The molecule has 0 aliphatic rings. The smallest absolute Gasteiger partial charge is 0.196 e. The Balaban J connectivity index is 2.02. The number of aromatic hydroxyl groups is 3. The highest BCUT2D eigenvalue weighted by Crippen LogP contribution is 2.29. The van der Waals surface area contributed by atoms with Gasteiger partial charge in [-0.25, -0.2) is 0 Å². The molecule has 0 fully saturated rings. The summed E-state index contributed by atoms with van der Waals surface area (Å²) in [6.07, 6.45) is 0. The van der Waals surface area contributed by atoms with Crippen LogP contribution < -0.4 is 0 Å². The number of carbonyl (C=O) groups excluding carboxylic acids is 1. The predicted molar refractivity (Wildman–Crippen MR) is 86.7 cm³/mol. The zero-order valence-electron chi connectivity index (χ0n) is 12.1. The molecule has 3 aromatic rings. The van der Waals surface area contributed by atoms with Gasteiger partial charge in [0.1, 0.15) is 17.2 Å². The molecule has 0 unspecified atom stereocenters. The number of rotatable bonds is 3. The molecule has 0 aliphatic carbocycles. The summed E-state index contributed by atoms with van der Waals surface area (Å²) in [6, 6.07) is 17.2. The maximum absolute atomic E-state index is 12.5. The Hall–Kier alpha value is -3.27. The van der Waals surface area contributed by atoms with Crippen LogP contribution in [0.5, 0.6) is 17.2 Å². The SMILES string of the molecule is O=C(c1ccc(O)cc1)c1cc(-c2ccc(O)cc2)ccc1O. The number of hydrogen-bond donors (Lipinski definition) is 3. The third kappa shape index (κ3) is 3.01. The number of carbonyl (C=O) groups is 1. The monoisotopic (exact) mass is 306 g/mol. The first kappa shape index (κ1) is 14.7. The predicted octanol–water partition coefficient (Wildman–Crippen LogP) is 3.70. The van der Waals surface area contributed by atoms with E-state index in [9.17, 15) is 20.1 Å². The number of phenolic OH excluding ortho intramolecular Hbond substituents is 3. The second kappa shape index (κ2) is 5.85. The standard InChI is InChI=1S/C19H14O4/c20-15-6-1-12(2-7-15)14-5-10-18(22)17(11-14)19(23)13-3-8-16(21)9-4-13/h1-11,20-22H. The quantitative estimate of drug-likeness (QED) is 0.645. The molecule has 0 atom stereocenters. The van der Waals surface area contributed by atoms with E-state index in [4.69, 9.17) is 0 Å². The van der Waals surface area contributed by atoms with Crippen molar-refractivity contribution < 1.29 is 20.1 Å². The van der Waals surface area contributed by atoms with Crippen LogP contribution in [0.3, 0.4) is 0 Å². The summed E-state index contributed by atoms with van der Waals surface area (Å²) >= 11 is 0. The Morgan fingerprint density at radius 3 is 1.78 bits per heavy atom. The van der Waals surface area contributed by atoms with Crippen LogP contribution in [0.1, 0.15) is 15.9 Å². The van der Waals surface area contributed by atoms with Gasteiger partial charge in [0.05, 0.1) is 5.56 Å². The van der Waals surface area contributed by atoms with Gasteiger partial charge < -0.3 is 15.3 Å². The van der Waals surface area contributed by atoms with Gasteiger partial charge >= 0.3 is 0 Å². The highest BCUT2D eigenvalue weighted by Gasteiger charge is 2.15. The summed E-state index contributed by atoms with van der Waals surface area (Å²) in [5.74, 6) is -0.203. The van der Waals surface area contributed by atoms with Crippen LogP contribution in [0.15, 0.2) is 66.7 Å². The molecule has 4 nitrogen and oxygen atoms in total. The van der Waals surface area contributed by atoms with E-state index in [1.54, 1.807) is 36.4 Å². The van der Waals surface area contributed by atoms with Gasteiger partial charge in [0.2, 0.25) is 0 Å². The largest absolute Gasteiger partial charge is 0.508 e. The summed E-state index contributed by atoms with van der Waals surface area (Å²) in [5.41, 5.74) is 2.13. The Labute approximate surface area is 132 Å². The van der Waals surface area contributed by atoms with Crippen molar-refractivity contribution in [1.29, 1.82) is 0 Å². The minimum Gasteiger partial charge on any atom is -0.508 e. The zero-order chi connectivity index (χ0) is 16.4. The second-order valence-electron chi connectivity index (χ2n) is 5.15. The summed E-state index contributed by atoms with van der Waals surface area (Å²) in [5, 5.41) is 28.6. The van der Waals surface area contributed by atoms with Crippen LogP contribution in [0.4, 0.5) is 0 Å². The van der Waals surface area contributed by atoms with Crippen molar-refractivity contribution in [1.82, 2.24) is 0 Å². The molecule has 3 aromatic carbocycles. The number of hydrogen-bond acceptors (Lipinski definition) is 4. The van der Waals surface area contributed by atoms with E-state index in [0.717, 1.165) is 11.1 Å². The molecule has 0 spiro atoms. The molecule has 0 aliphatic heterocycles. The summed E-state index contributed by atoms with van der Waals surface area (Å²) < 4.78 is 0. The molecule has 0 saturated carbocycles. The van der Waals surface area contributed by atoms with E-state index in [1.165, 1.54) is 30.3 Å². The van der Waals surface area contributed by atoms with Crippen molar-refractivity contribution >= 4 is 5.78 Å². The number of ketones is 1. The van der Waals surface area contributed by atoms with E-state index >= 15 is 0 Å². The van der Waals surface area contributed by atoms with Gasteiger partial charge in [-0.1, -0.05) is 18.2 Å². The molecule has 23 heavy (non-hydrogen) atoms. The van der Waals surface area contributed by atoms with Crippen LogP contribution >= 0.6 is 0 Å². The average Bonchev–Trinajstić information content (AvgIpc) is 2.56. The fourth-order valence-corrected chi connectivity index (χ4v) is 2.32. The van der Waals surface area contributed by atoms with E-state index < -0.39 is 0 Å². The number of benzene rings is 3. The van der Waals surface area contributed by atoms with E-state index in [-0.39, 0.29) is 28.6 Å². The molecular formula is C19H14O4. The Morgan fingerprint density at radius 1 is 0.652 bits per heavy atom. The van der Waals surface area contributed by atoms with Crippen LogP contribution in [0, 0.1) is 0 Å². The minimum absolute atomic E-state index is 0.0728. The van der Waals surface area contributed by atoms with E-state index in [0.29, 0.717) is 5.56 Å². The minimum atomic E-state index is -0.330. The molecule has 4 heteroatoms. The van der Waals surface area contributed by atoms with Crippen molar-refractivity contribution in [3.8, 4) is 28.4 Å². The highest BCUT2D eigenvalue weighted by molar-refractivity contribution is 6.11. The first-order chi connectivity index (χ1) is 11.0. The highest BCUT2D eigenvalue weighted by atomic mass is 16.3. The number of phenols is 3. The average molecular weight is 306 g/mol. The molecular weight excluding hydrogens is 292 g/mol. The van der Waals surface area contributed by atoms with Crippen molar-refractivity contribution in [2.75, 3.05) is 0 Å². The van der Waals surface area contributed by atoms with Crippen LogP contribution in [0.25, 0.3) is 11.1 Å². The van der Waals surface area contributed by atoms with Crippen molar-refractivity contribution in [3.05, 3.63) is 77.9 Å². The van der Waals surface area contributed by atoms with Crippen LogP contribution in [0.2, 0.25) is 0 Å². The molecule has 0 radical (unpaired) electrons. The summed E-state index contributed by atoms with van der Waals surface area (Å²) in [4.78, 5) is 12.5. The van der Waals surface area contributed by atoms with Gasteiger partial charge in [0, 0.05) is 5.56 Å². The molecule has 0 heterocycles. The fourth-order valence-electron chi connectivity index (χ4n) is 2.32. The lowest BCUT2D eigenvalue weighted by atomic mass is 9.97. The lowest BCUT2D eigenvalue weighted by molar-refractivity contribution is 0.103. The van der Waals surface area contributed by atoms with Crippen molar-refractivity contribution in [2.24, 2.45) is 0 Å². The third-order valence-corrected chi connectivity index (χ3v) is 3.57. The van der Waals surface area contributed by atoms with Gasteiger partial charge in [-0.15, -0.1) is 0 Å². The topological polar surface area (TPSA) is 77.8 Å². The van der Waals surface area contributed by atoms with Gasteiger partial charge in [0.25, 0.3) is 0 Å². The second-order valence-corrected chi connectivity index (χ2v) is 5.15. The van der Waals surface area contributed by atoms with Crippen molar-refractivity contribution in [2.45, 2.75) is 0 Å².